The van der Waals surface area contributed by atoms with Crippen LogP contribution in [0.15, 0.2) is 24.3 Å². The van der Waals surface area contributed by atoms with E-state index in [0.29, 0.717) is 12.0 Å². The average Bonchev–Trinajstić information content (AvgIpc) is 2.96. The molecule has 2 atom stereocenters. The minimum absolute atomic E-state index is 0.139. The third-order valence-corrected chi connectivity index (χ3v) is 2.80. The molecule has 0 bridgehead atoms. The molecule has 2 N–H and O–H groups in total. The minimum Gasteiger partial charge on any atom is -0.369 e. The molecule has 0 aliphatic heterocycles. The summed E-state index contributed by atoms with van der Waals surface area (Å²) in [6, 6.07) is 5.07. The molecule has 1 aliphatic carbocycles. The van der Waals surface area contributed by atoms with E-state index >= 15 is 0 Å². The van der Waals surface area contributed by atoms with Crippen molar-refractivity contribution in [2.24, 2.45) is 11.7 Å². The molecular weight excluding hydrogens is 219 g/mol. The van der Waals surface area contributed by atoms with Crippen LogP contribution in [-0.4, -0.2) is 5.91 Å². The van der Waals surface area contributed by atoms with Crippen LogP contribution in [0.2, 0.25) is 0 Å². The molecule has 5 heteroatoms. The van der Waals surface area contributed by atoms with E-state index in [0.717, 1.165) is 12.1 Å². The summed E-state index contributed by atoms with van der Waals surface area (Å²) >= 11 is 0. The largest absolute Gasteiger partial charge is 0.416 e. The Bertz CT molecular complexity index is 427. The quantitative estimate of drug-likeness (QED) is 0.830. The van der Waals surface area contributed by atoms with Gasteiger partial charge in [0.05, 0.1) is 5.56 Å². The van der Waals surface area contributed by atoms with Gasteiger partial charge in [0.15, 0.2) is 0 Å². The van der Waals surface area contributed by atoms with E-state index in [4.69, 9.17) is 5.73 Å². The second kappa shape index (κ2) is 3.50. The number of benzene rings is 1. The number of rotatable bonds is 2. The lowest BCUT2D eigenvalue weighted by atomic mass is 10.1. The second-order valence-corrected chi connectivity index (χ2v) is 3.97. The zero-order chi connectivity index (χ0) is 11.9. The molecule has 0 saturated heterocycles. The smallest absolute Gasteiger partial charge is 0.369 e. The molecular formula is C11H10F3NO. The zero-order valence-electron chi connectivity index (χ0n) is 8.29. The summed E-state index contributed by atoms with van der Waals surface area (Å²) in [6.07, 6.45) is -3.79. The van der Waals surface area contributed by atoms with Crippen LogP contribution in [-0.2, 0) is 11.0 Å². The van der Waals surface area contributed by atoms with Gasteiger partial charge >= 0.3 is 6.18 Å². The molecule has 1 fully saturated rings. The summed E-state index contributed by atoms with van der Waals surface area (Å²) in [5.41, 5.74) is 4.95. The lowest BCUT2D eigenvalue weighted by Gasteiger charge is -2.08. The van der Waals surface area contributed by atoms with Crippen molar-refractivity contribution >= 4 is 5.91 Å². The van der Waals surface area contributed by atoms with Crippen LogP contribution < -0.4 is 5.73 Å². The Labute approximate surface area is 90.2 Å². The first-order valence-electron chi connectivity index (χ1n) is 4.86. The maximum Gasteiger partial charge on any atom is 0.416 e. The van der Waals surface area contributed by atoms with E-state index in [2.05, 4.69) is 0 Å². The highest BCUT2D eigenvalue weighted by molar-refractivity contribution is 5.81. The molecule has 0 radical (unpaired) electrons. The maximum absolute atomic E-state index is 12.4. The molecule has 1 aromatic carbocycles. The van der Waals surface area contributed by atoms with Crippen LogP contribution in [0.5, 0.6) is 0 Å². The first-order valence-corrected chi connectivity index (χ1v) is 4.86. The third-order valence-electron chi connectivity index (χ3n) is 2.80. The molecule has 1 saturated carbocycles. The summed E-state index contributed by atoms with van der Waals surface area (Å²) in [5, 5.41) is 0. The summed E-state index contributed by atoms with van der Waals surface area (Å²) in [4.78, 5) is 10.8. The summed E-state index contributed by atoms with van der Waals surface area (Å²) in [6.45, 7) is 0. The lowest BCUT2D eigenvalue weighted by Crippen LogP contribution is -2.13. The molecule has 0 spiro atoms. The Hall–Kier alpha value is -1.52. The lowest BCUT2D eigenvalue weighted by molar-refractivity contribution is -0.137. The third kappa shape index (κ3) is 2.03. The Morgan fingerprint density at radius 2 is 2.06 bits per heavy atom. The van der Waals surface area contributed by atoms with Crippen molar-refractivity contribution in [2.45, 2.75) is 18.5 Å². The van der Waals surface area contributed by atoms with Crippen molar-refractivity contribution in [3.8, 4) is 0 Å². The maximum atomic E-state index is 12.4. The summed E-state index contributed by atoms with van der Waals surface area (Å²) in [7, 11) is 0. The summed E-state index contributed by atoms with van der Waals surface area (Å²) in [5.74, 6) is -0.884. The molecule has 0 heterocycles. The van der Waals surface area contributed by atoms with Crippen LogP contribution in [0.4, 0.5) is 13.2 Å². The van der Waals surface area contributed by atoms with Gasteiger partial charge in [0, 0.05) is 5.92 Å². The number of carbonyl (C=O) groups is 1. The topological polar surface area (TPSA) is 43.1 Å². The van der Waals surface area contributed by atoms with Crippen molar-refractivity contribution in [1.82, 2.24) is 0 Å². The van der Waals surface area contributed by atoms with E-state index < -0.39 is 17.6 Å². The number of primary amides is 1. The van der Waals surface area contributed by atoms with Gasteiger partial charge in [-0.15, -0.1) is 0 Å². The number of hydrogen-bond donors (Lipinski definition) is 1. The molecule has 2 nitrogen and oxygen atoms in total. The van der Waals surface area contributed by atoms with Crippen molar-refractivity contribution in [3.63, 3.8) is 0 Å². The van der Waals surface area contributed by atoms with Gasteiger partial charge in [0.1, 0.15) is 0 Å². The number of nitrogens with two attached hydrogens (primary N) is 1. The Morgan fingerprint density at radius 1 is 1.38 bits per heavy atom. The molecule has 1 aromatic rings. The predicted octanol–water partition coefficient (Wildman–Crippen LogP) is 2.29. The van der Waals surface area contributed by atoms with Gasteiger partial charge < -0.3 is 5.73 Å². The molecule has 1 amide bonds. The van der Waals surface area contributed by atoms with E-state index in [1.165, 1.54) is 6.07 Å². The van der Waals surface area contributed by atoms with Crippen molar-refractivity contribution in [2.75, 3.05) is 0 Å². The molecule has 16 heavy (non-hydrogen) atoms. The van der Waals surface area contributed by atoms with Crippen molar-refractivity contribution in [1.29, 1.82) is 0 Å². The van der Waals surface area contributed by atoms with E-state index in [1.54, 1.807) is 6.07 Å². The average molecular weight is 229 g/mol. The highest BCUT2D eigenvalue weighted by Gasteiger charge is 2.43. The number of alkyl halides is 3. The van der Waals surface area contributed by atoms with E-state index in [-0.39, 0.29) is 11.8 Å². The van der Waals surface area contributed by atoms with Gasteiger partial charge in [-0.25, -0.2) is 0 Å². The first-order chi connectivity index (χ1) is 7.39. The van der Waals surface area contributed by atoms with Gasteiger partial charge in [-0.1, -0.05) is 18.2 Å². The number of carbonyl (C=O) groups excluding carboxylic acids is 1. The Balaban J connectivity index is 2.22. The van der Waals surface area contributed by atoms with Gasteiger partial charge in [-0.05, 0) is 24.0 Å². The fourth-order valence-electron chi connectivity index (χ4n) is 1.82. The van der Waals surface area contributed by atoms with Crippen molar-refractivity contribution in [3.05, 3.63) is 35.4 Å². The highest BCUT2D eigenvalue weighted by atomic mass is 19.4. The van der Waals surface area contributed by atoms with Crippen molar-refractivity contribution < 1.29 is 18.0 Å². The monoisotopic (exact) mass is 229 g/mol. The van der Waals surface area contributed by atoms with Gasteiger partial charge in [0.2, 0.25) is 5.91 Å². The first kappa shape index (κ1) is 11.0. The fourth-order valence-corrected chi connectivity index (χ4v) is 1.82. The predicted molar refractivity (Wildman–Crippen MR) is 51.5 cm³/mol. The number of hydrogen-bond acceptors (Lipinski definition) is 1. The van der Waals surface area contributed by atoms with Crippen LogP contribution in [0, 0.1) is 5.92 Å². The molecule has 2 rings (SSSR count). The van der Waals surface area contributed by atoms with Gasteiger partial charge in [-0.3, -0.25) is 4.79 Å². The van der Waals surface area contributed by atoms with Crippen LogP contribution in [0.25, 0.3) is 0 Å². The normalized spacial score (nSPS) is 24.2. The molecule has 86 valence electrons. The minimum atomic E-state index is -4.34. The molecule has 0 unspecified atom stereocenters. The molecule has 1 aliphatic rings. The Kier molecular flexibility index (Phi) is 2.40. The number of halogens is 3. The van der Waals surface area contributed by atoms with Gasteiger partial charge in [-0.2, -0.15) is 13.2 Å². The highest BCUT2D eigenvalue weighted by Crippen LogP contribution is 2.47. The van der Waals surface area contributed by atoms with E-state index in [9.17, 15) is 18.0 Å². The van der Waals surface area contributed by atoms with Crippen LogP contribution in [0.3, 0.4) is 0 Å². The second-order valence-electron chi connectivity index (χ2n) is 3.97. The van der Waals surface area contributed by atoms with Crippen LogP contribution in [0.1, 0.15) is 23.5 Å². The molecule has 0 aromatic heterocycles. The van der Waals surface area contributed by atoms with E-state index in [1.807, 2.05) is 0 Å². The summed E-state index contributed by atoms with van der Waals surface area (Å²) < 4.78 is 37.2. The standard InChI is InChI=1S/C11H10F3NO/c12-11(13,14)7-3-1-2-6(4-7)8-5-9(8)10(15)16/h1-4,8-9H,5H2,(H2,15,16)/t8-,9+/m0/s1. The van der Waals surface area contributed by atoms with Gasteiger partial charge in [0.25, 0.3) is 0 Å². The SMILES string of the molecule is NC(=O)[C@@H]1C[C@H]1c1cccc(C(F)(F)F)c1. The number of amides is 1. The Morgan fingerprint density at radius 3 is 2.56 bits per heavy atom. The van der Waals surface area contributed by atoms with Crippen LogP contribution >= 0.6 is 0 Å². The zero-order valence-corrected chi connectivity index (χ0v) is 8.29. The fraction of sp³-hybridized carbons (Fsp3) is 0.364.